The van der Waals surface area contributed by atoms with Gasteiger partial charge in [0.25, 0.3) is 0 Å². The van der Waals surface area contributed by atoms with Crippen LogP contribution in [0.25, 0.3) is 10.2 Å². The van der Waals surface area contributed by atoms with Gasteiger partial charge in [-0.25, -0.2) is 15.0 Å². The Morgan fingerprint density at radius 1 is 1.38 bits per heavy atom. The number of benzene rings is 1. The van der Waals surface area contributed by atoms with Crippen molar-refractivity contribution in [2.75, 3.05) is 17.7 Å². The Kier molecular flexibility index (Phi) is 3.76. The molecule has 0 amide bonds. The quantitative estimate of drug-likeness (QED) is 0.716. The second-order valence-electron chi connectivity index (χ2n) is 4.13. The lowest BCUT2D eigenvalue weighted by Gasteiger charge is -2.04. The second kappa shape index (κ2) is 5.71. The number of hydrogen-bond donors (Lipinski definition) is 2. The maximum Gasteiger partial charge on any atom is 0.189 e. The molecule has 3 N–H and O–H groups in total. The molecule has 0 aliphatic carbocycles. The number of aromatic nitrogens is 3. The lowest BCUT2D eigenvalue weighted by molar-refractivity contribution is 0.341. The Morgan fingerprint density at radius 2 is 2.24 bits per heavy atom. The van der Waals surface area contributed by atoms with Crippen LogP contribution in [0.3, 0.4) is 0 Å². The van der Waals surface area contributed by atoms with Crippen molar-refractivity contribution in [3.05, 3.63) is 29.7 Å². The first-order valence-electron chi connectivity index (χ1n) is 6.23. The van der Waals surface area contributed by atoms with E-state index < -0.39 is 0 Å². The van der Waals surface area contributed by atoms with Crippen LogP contribution in [0.2, 0.25) is 5.15 Å². The van der Waals surface area contributed by atoms with Gasteiger partial charge in [-0.3, -0.25) is 0 Å². The van der Waals surface area contributed by atoms with Crippen LogP contribution in [0.1, 0.15) is 6.92 Å². The van der Waals surface area contributed by atoms with Crippen LogP contribution >= 0.6 is 22.9 Å². The number of nitrogens with zero attached hydrogens (tertiary/aromatic N) is 3. The van der Waals surface area contributed by atoms with Crippen molar-refractivity contribution in [3.8, 4) is 5.75 Å². The summed E-state index contributed by atoms with van der Waals surface area (Å²) in [7, 11) is 0. The summed E-state index contributed by atoms with van der Waals surface area (Å²) in [6.07, 6.45) is 1.35. The van der Waals surface area contributed by atoms with E-state index in [0.29, 0.717) is 23.2 Å². The minimum Gasteiger partial charge on any atom is -0.494 e. The lowest BCUT2D eigenvalue weighted by atomic mass is 10.3. The smallest absolute Gasteiger partial charge is 0.189 e. The number of rotatable bonds is 4. The number of fused-ring (bicyclic) bond motifs is 1. The average molecular weight is 322 g/mol. The van der Waals surface area contributed by atoms with Crippen LogP contribution in [-0.2, 0) is 0 Å². The fourth-order valence-electron chi connectivity index (χ4n) is 1.79. The van der Waals surface area contributed by atoms with Crippen LogP contribution < -0.4 is 15.8 Å². The predicted octanol–water partition coefficient (Wildman–Crippen LogP) is 3.46. The summed E-state index contributed by atoms with van der Waals surface area (Å²) >= 11 is 7.35. The summed E-state index contributed by atoms with van der Waals surface area (Å²) in [4.78, 5) is 12.3. The Bertz CT molecular complexity index is 791. The number of nitrogens with two attached hydrogens (primary N) is 1. The van der Waals surface area contributed by atoms with Gasteiger partial charge in [-0.15, -0.1) is 0 Å². The number of thiazole rings is 1. The van der Waals surface area contributed by atoms with Gasteiger partial charge < -0.3 is 15.8 Å². The highest BCUT2D eigenvalue weighted by atomic mass is 35.5. The Hall–Kier alpha value is -2.12. The van der Waals surface area contributed by atoms with Crippen LogP contribution in [0.4, 0.5) is 16.6 Å². The van der Waals surface area contributed by atoms with Crippen LogP contribution in [0.15, 0.2) is 24.5 Å². The van der Waals surface area contributed by atoms with Crippen molar-refractivity contribution >= 4 is 49.8 Å². The topological polar surface area (TPSA) is 86.0 Å². The standard InChI is InChI=1S/C13H12ClN5OS/c1-2-20-7-3-4-8-9(5-7)21-13(18-8)19-12-10(15)11(14)16-6-17-12/h3-6H,2,15H2,1H3,(H,16,17,18,19). The van der Waals surface area contributed by atoms with Gasteiger partial charge in [0.15, 0.2) is 16.1 Å². The molecule has 8 heteroatoms. The highest BCUT2D eigenvalue weighted by Crippen LogP contribution is 2.32. The van der Waals surface area contributed by atoms with Gasteiger partial charge in [-0.05, 0) is 25.1 Å². The van der Waals surface area contributed by atoms with E-state index in [4.69, 9.17) is 22.1 Å². The van der Waals surface area contributed by atoms with Crippen molar-refractivity contribution in [3.63, 3.8) is 0 Å². The molecule has 0 bridgehead atoms. The number of nitrogen functional groups attached to an aromatic ring is 1. The third kappa shape index (κ3) is 2.84. The number of halogens is 1. The SMILES string of the molecule is CCOc1ccc2nc(Nc3ncnc(Cl)c3N)sc2c1. The minimum absolute atomic E-state index is 0.215. The van der Waals surface area contributed by atoms with Crippen LogP contribution in [0.5, 0.6) is 5.75 Å². The Balaban J connectivity index is 1.92. The zero-order valence-corrected chi connectivity index (χ0v) is 12.7. The van der Waals surface area contributed by atoms with Gasteiger partial charge in [0.2, 0.25) is 0 Å². The summed E-state index contributed by atoms with van der Waals surface area (Å²) in [6, 6.07) is 5.77. The summed E-state index contributed by atoms with van der Waals surface area (Å²) < 4.78 is 6.49. The van der Waals surface area contributed by atoms with Gasteiger partial charge in [-0.2, -0.15) is 0 Å². The van der Waals surface area contributed by atoms with Crippen LogP contribution in [-0.4, -0.2) is 21.6 Å². The van der Waals surface area contributed by atoms with Crippen molar-refractivity contribution in [2.45, 2.75) is 6.92 Å². The van der Waals surface area contributed by atoms with Crippen molar-refractivity contribution in [2.24, 2.45) is 0 Å². The number of ether oxygens (including phenoxy) is 1. The van der Waals surface area contributed by atoms with Gasteiger partial charge >= 0.3 is 0 Å². The van der Waals surface area contributed by atoms with E-state index in [9.17, 15) is 0 Å². The molecule has 21 heavy (non-hydrogen) atoms. The summed E-state index contributed by atoms with van der Waals surface area (Å²) in [6.45, 7) is 2.58. The Morgan fingerprint density at radius 3 is 3.05 bits per heavy atom. The molecule has 0 aliphatic rings. The van der Waals surface area contributed by atoms with Crippen molar-refractivity contribution in [1.82, 2.24) is 15.0 Å². The van der Waals surface area contributed by atoms with E-state index in [-0.39, 0.29) is 5.15 Å². The molecule has 0 atom stereocenters. The molecule has 0 radical (unpaired) electrons. The van der Waals surface area contributed by atoms with E-state index in [0.717, 1.165) is 16.0 Å². The second-order valence-corrected chi connectivity index (χ2v) is 5.52. The molecule has 6 nitrogen and oxygen atoms in total. The molecule has 3 aromatic rings. The molecule has 108 valence electrons. The zero-order valence-electron chi connectivity index (χ0n) is 11.1. The molecular formula is C13H12ClN5OS. The largest absolute Gasteiger partial charge is 0.494 e. The highest BCUT2D eigenvalue weighted by molar-refractivity contribution is 7.22. The van der Waals surface area contributed by atoms with Crippen LogP contribution in [0, 0.1) is 0 Å². The monoisotopic (exact) mass is 321 g/mol. The molecule has 2 heterocycles. The maximum atomic E-state index is 5.86. The maximum absolute atomic E-state index is 5.86. The minimum atomic E-state index is 0.215. The summed E-state index contributed by atoms with van der Waals surface area (Å²) in [5.74, 6) is 1.27. The number of anilines is 3. The molecule has 3 rings (SSSR count). The van der Waals surface area contributed by atoms with E-state index in [2.05, 4.69) is 20.3 Å². The fraction of sp³-hybridized carbons (Fsp3) is 0.154. The molecular weight excluding hydrogens is 310 g/mol. The van der Waals surface area contributed by atoms with Gasteiger partial charge in [0.1, 0.15) is 17.8 Å². The van der Waals surface area contributed by atoms with Crippen molar-refractivity contribution < 1.29 is 4.74 Å². The van der Waals surface area contributed by atoms with E-state index >= 15 is 0 Å². The average Bonchev–Trinajstić information content (AvgIpc) is 2.86. The molecule has 1 aromatic carbocycles. The molecule has 0 spiro atoms. The molecule has 0 saturated carbocycles. The first-order valence-corrected chi connectivity index (χ1v) is 7.43. The molecule has 0 saturated heterocycles. The molecule has 0 aliphatic heterocycles. The number of nitrogens with one attached hydrogen (secondary N) is 1. The number of hydrogen-bond acceptors (Lipinski definition) is 7. The molecule has 2 aromatic heterocycles. The first-order chi connectivity index (χ1) is 10.2. The normalized spacial score (nSPS) is 10.8. The summed E-state index contributed by atoms with van der Waals surface area (Å²) in [5.41, 5.74) is 7.00. The zero-order chi connectivity index (χ0) is 14.8. The third-order valence-electron chi connectivity index (χ3n) is 2.73. The van der Waals surface area contributed by atoms with Gasteiger partial charge in [0.05, 0.1) is 16.8 Å². The Labute approximate surface area is 130 Å². The van der Waals surface area contributed by atoms with E-state index in [1.807, 2.05) is 25.1 Å². The summed E-state index contributed by atoms with van der Waals surface area (Å²) in [5, 5.41) is 3.96. The first kappa shape index (κ1) is 13.8. The van der Waals surface area contributed by atoms with Crippen molar-refractivity contribution in [1.29, 1.82) is 0 Å². The van der Waals surface area contributed by atoms with E-state index in [1.54, 1.807) is 0 Å². The van der Waals surface area contributed by atoms with Gasteiger partial charge in [0, 0.05) is 0 Å². The molecule has 0 fully saturated rings. The fourth-order valence-corrected chi connectivity index (χ4v) is 2.82. The molecule has 0 unspecified atom stereocenters. The predicted molar refractivity (Wildman–Crippen MR) is 85.5 cm³/mol. The van der Waals surface area contributed by atoms with Gasteiger partial charge in [-0.1, -0.05) is 22.9 Å². The van der Waals surface area contributed by atoms with E-state index in [1.165, 1.54) is 17.7 Å². The third-order valence-corrected chi connectivity index (χ3v) is 3.97. The highest BCUT2D eigenvalue weighted by Gasteiger charge is 2.10. The lowest BCUT2D eigenvalue weighted by Crippen LogP contribution is -2.00.